The third-order valence-electron chi connectivity index (χ3n) is 5.12. The zero-order valence-electron chi connectivity index (χ0n) is 18.4. The lowest BCUT2D eigenvalue weighted by Gasteiger charge is -2.32. The van der Waals surface area contributed by atoms with Crippen LogP contribution in [0.25, 0.3) is 0 Å². The third-order valence-corrected chi connectivity index (χ3v) is 7.10. The molecule has 0 aliphatic heterocycles. The first-order chi connectivity index (χ1) is 12.4. The van der Waals surface area contributed by atoms with Crippen LogP contribution >= 0.6 is 0 Å². The predicted octanol–water partition coefficient (Wildman–Crippen LogP) is 6.34. The highest BCUT2D eigenvalue weighted by Gasteiger charge is 2.40. The molecule has 26 heavy (non-hydrogen) atoms. The molecule has 0 saturated carbocycles. The normalized spacial score (nSPS) is 12.7. The second kappa shape index (κ2) is 16.1. The predicted molar refractivity (Wildman–Crippen MR) is 114 cm³/mol. The van der Waals surface area contributed by atoms with Gasteiger partial charge in [0.2, 0.25) is 0 Å². The van der Waals surface area contributed by atoms with Gasteiger partial charge in [0.05, 0.1) is 5.60 Å². The molecule has 4 nitrogen and oxygen atoms in total. The van der Waals surface area contributed by atoms with Crippen molar-refractivity contribution < 1.29 is 13.3 Å². The first kappa shape index (κ1) is 26.1. The smallest absolute Gasteiger partial charge is 0.365 e. The van der Waals surface area contributed by atoms with Crippen molar-refractivity contribution in [3.05, 3.63) is 0 Å². The molecule has 0 aromatic heterocycles. The van der Waals surface area contributed by atoms with Gasteiger partial charge in [0.25, 0.3) is 0 Å². The van der Waals surface area contributed by atoms with Gasteiger partial charge < -0.3 is 13.3 Å². The molecule has 0 aromatic rings. The molecule has 0 aliphatic rings. The van der Waals surface area contributed by atoms with Gasteiger partial charge in [-0.25, -0.2) is 0 Å². The highest BCUT2D eigenvalue weighted by molar-refractivity contribution is 6.56. The number of rotatable bonds is 19. The molecular formula is C21H47NO3Si. The standard InChI is InChI=1S/C21H47NO3Si/c1-6-7-8-9-10-11-12-13-14-15-16-17-18-19-20-21(2,3)25-26(22,23-4)24-5/h6-20,22H2,1-5H3. The van der Waals surface area contributed by atoms with Crippen molar-refractivity contribution in [3.63, 3.8) is 0 Å². The summed E-state index contributed by atoms with van der Waals surface area (Å²) in [5, 5.41) is 6.01. The van der Waals surface area contributed by atoms with Crippen LogP contribution in [0, 0.1) is 0 Å². The Morgan fingerprint density at radius 3 is 1.35 bits per heavy atom. The Morgan fingerprint density at radius 2 is 1.00 bits per heavy atom. The van der Waals surface area contributed by atoms with Crippen LogP contribution in [-0.2, 0) is 13.3 Å². The fourth-order valence-corrected chi connectivity index (χ4v) is 4.55. The number of nitrogens with two attached hydrogens (primary N) is 1. The Bertz CT molecular complexity index is 310. The van der Waals surface area contributed by atoms with Crippen molar-refractivity contribution in [2.45, 2.75) is 123 Å². The lowest BCUT2D eigenvalue weighted by molar-refractivity contribution is -0.000612. The maximum atomic E-state index is 6.01. The Kier molecular flexibility index (Phi) is 16.1. The van der Waals surface area contributed by atoms with Crippen LogP contribution < -0.4 is 5.40 Å². The molecule has 0 saturated heterocycles. The van der Waals surface area contributed by atoms with Crippen LogP contribution in [-0.4, -0.2) is 28.8 Å². The van der Waals surface area contributed by atoms with Crippen molar-refractivity contribution in [3.8, 4) is 0 Å². The average Bonchev–Trinajstić information content (AvgIpc) is 2.61. The Hall–Kier alpha value is 0.0569. The van der Waals surface area contributed by atoms with E-state index in [1.54, 1.807) is 14.2 Å². The SMILES string of the molecule is CCCCCCCCCCCCCCCCC(C)(C)O[Si](N)(OC)OC. The Morgan fingerprint density at radius 1 is 0.654 bits per heavy atom. The van der Waals surface area contributed by atoms with E-state index in [-0.39, 0.29) is 5.60 Å². The average molecular weight is 390 g/mol. The highest BCUT2D eigenvalue weighted by Crippen LogP contribution is 2.23. The number of unbranched alkanes of at least 4 members (excludes halogenated alkanes) is 13. The fourth-order valence-electron chi connectivity index (χ4n) is 3.35. The minimum atomic E-state index is -2.94. The first-order valence-corrected chi connectivity index (χ1v) is 12.8. The van der Waals surface area contributed by atoms with Gasteiger partial charge in [-0.15, -0.1) is 0 Å². The van der Waals surface area contributed by atoms with E-state index >= 15 is 0 Å². The summed E-state index contributed by atoms with van der Waals surface area (Å²) in [6.45, 7) is 6.42. The van der Waals surface area contributed by atoms with Gasteiger partial charge in [-0.2, -0.15) is 0 Å². The van der Waals surface area contributed by atoms with Gasteiger partial charge in [0.15, 0.2) is 0 Å². The van der Waals surface area contributed by atoms with E-state index in [1.807, 2.05) is 0 Å². The van der Waals surface area contributed by atoms with E-state index in [4.69, 9.17) is 18.7 Å². The summed E-state index contributed by atoms with van der Waals surface area (Å²) in [5.41, 5.74) is -0.288. The lowest BCUT2D eigenvalue weighted by Crippen LogP contribution is -2.58. The van der Waals surface area contributed by atoms with Crippen molar-refractivity contribution in [2.75, 3.05) is 14.2 Å². The largest absolute Gasteiger partial charge is 0.593 e. The second-order valence-electron chi connectivity index (χ2n) is 8.22. The maximum absolute atomic E-state index is 6.01. The number of hydrogen-bond donors (Lipinski definition) is 1. The summed E-state index contributed by atoms with van der Waals surface area (Å²) < 4.78 is 16.3. The van der Waals surface area contributed by atoms with Gasteiger partial charge in [-0.05, 0) is 20.3 Å². The van der Waals surface area contributed by atoms with E-state index in [9.17, 15) is 0 Å². The van der Waals surface area contributed by atoms with E-state index in [0.717, 1.165) is 6.42 Å². The lowest BCUT2D eigenvalue weighted by atomic mass is 9.99. The van der Waals surface area contributed by atoms with Crippen LogP contribution in [0.2, 0.25) is 0 Å². The molecule has 158 valence electrons. The fraction of sp³-hybridized carbons (Fsp3) is 1.00. The maximum Gasteiger partial charge on any atom is 0.593 e. The molecule has 0 amide bonds. The summed E-state index contributed by atoms with van der Waals surface area (Å²) >= 11 is 0. The quantitative estimate of drug-likeness (QED) is 0.207. The summed E-state index contributed by atoms with van der Waals surface area (Å²) in [6.07, 6.45) is 20.3. The third kappa shape index (κ3) is 15.1. The van der Waals surface area contributed by atoms with Gasteiger partial charge >= 0.3 is 8.97 Å². The zero-order valence-corrected chi connectivity index (χ0v) is 19.4. The van der Waals surface area contributed by atoms with Crippen molar-refractivity contribution in [2.24, 2.45) is 5.40 Å². The summed E-state index contributed by atoms with van der Waals surface area (Å²) in [6, 6.07) is 0. The molecule has 0 radical (unpaired) electrons. The highest BCUT2D eigenvalue weighted by atomic mass is 28.4. The minimum Gasteiger partial charge on any atom is -0.365 e. The van der Waals surface area contributed by atoms with Gasteiger partial charge in [-0.1, -0.05) is 96.8 Å². The minimum absolute atomic E-state index is 0.288. The Labute approximate surface area is 165 Å². The molecular weight excluding hydrogens is 342 g/mol. The van der Waals surface area contributed by atoms with Crippen molar-refractivity contribution in [1.29, 1.82) is 0 Å². The van der Waals surface area contributed by atoms with E-state index in [0.29, 0.717) is 0 Å². The molecule has 0 heterocycles. The van der Waals surface area contributed by atoms with Crippen LogP contribution in [0.4, 0.5) is 0 Å². The molecule has 0 atom stereocenters. The zero-order chi connectivity index (χ0) is 19.7. The number of hydrogen-bond acceptors (Lipinski definition) is 4. The van der Waals surface area contributed by atoms with E-state index in [1.165, 1.54) is 89.9 Å². The van der Waals surface area contributed by atoms with E-state index in [2.05, 4.69) is 20.8 Å². The molecule has 0 aromatic carbocycles. The molecule has 0 fully saturated rings. The molecule has 0 unspecified atom stereocenters. The van der Waals surface area contributed by atoms with Crippen LogP contribution in [0.15, 0.2) is 0 Å². The summed E-state index contributed by atoms with van der Waals surface area (Å²) in [5.74, 6) is 0. The topological polar surface area (TPSA) is 53.7 Å². The van der Waals surface area contributed by atoms with Crippen LogP contribution in [0.5, 0.6) is 0 Å². The summed E-state index contributed by atoms with van der Waals surface area (Å²) in [4.78, 5) is 0. The molecule has 5 heteroatoms. The Balaban J connectivity index is 3.45. The van der Waals surface area contributed by atoms with E-state index < -0.39 is 8.97 Å². The van der Waals surface area contributed by atoms with Crippen molar-refractivity contribution >= 4 is 8.97 Å². The monoisotopic (exact) mass is 389 g/mol. The van der Waals surface area contributed by atoms with Gasteiger partial charge in [0, 0.05) is 14.2 Å². The van der Waals surface area contributed by atoms with Gasteiger partial charge in [-0.3, -0.25) is 5.40 Å². The van der Waals surface area contributed by atoms with Crippen LogP contribution in [0.3, 0.4) is 0 Å². The molecule has 0 bridgehead atoms. The van der Waals surface area contributed by atoms with Crippen LogP contribution in [0.1, 0.15) is 117 Å². The molecule has 0 spiro atoms. The van der Waals surface area contributed by atoms with Crippen molar-refractivity contribution in [1.82, 2.24) is 0 Å². The first-order valence-electron chi connectivity index (χ1n) is 11.0. The molecule has 0 aliphatic carbocycles. The molecule has 2 N–H and O–H groups in total. The second-order valence-corrected chi connectivity index (χ2v) is 10.4. The molecule has 0 rings (SSSR count). The van der Waals surface area contributed by atoms with Gasteiger partial charge in [0.1, 0.15) is 0 Å². The summed E-state index contributed by atoms with van der Waals surface area (Å²) in [7, 11) is 0.168.